The summed E-state index contributed by atoms with van der Waals surface area (Å²) in [7, 11) is 0. The van der Waals surface area contributed by atoms with E-state index in [0.717, 1.165) is 12.3 Å². The van der Waals surface area contributed by atoms with Crippen molar-refractivity contribution in [2.24, 2.45) is 17.8 Å². The number of benzene rings is 1. The van der Waals surface area contributed by atoms with E-state index >= 15 is 0 Å². The first-order valence-electron chi connectivity index (χ1n) is 15.2. The van der Waals surface area contributed by atoms with E-state index in [1.54, 1.807) is 0 Å². The molecule has 0 heterocycles. The number of hydrogen-bond acceptors (Lipinski definition) is 2. The third-order valence-corrected chi connectivity index (χ3v) is 25.6. The maximum absolute atomic E-state index is 6.96. The van der Waals surface area contributed by atoms with Crippen LogP contribution in [0.1, 0.15) is 111 Å². The molecule has 1 aromatic carbocycles. The van der Waals surface area contributed by atoms with Gasteiger partial charge in [-0.25, -0.2) is 0 Å². The van der Waals surface area contributed by atoms with Crippen molar-refractivity contribution in [2.45, 2.75) is 136 Å². The Balaban J connectivity index is 2.19. The van der Waals surface area contributed by atoms with Gasteiger partial charge in [0.15, 0.2) is 0 Å². The molecule has 3 heteroatoms. The molecule has 4 atom stereocenters. The van der Waals surface area contributed by atoms with Crippen LogP contribution < -0.4 is 0 Å². The first-order valence-corrected chi connectivity index (χ1v) is 22.9. The first kappa shape index (κ1) is 31.2. The van der Waals surface area contributed by atoms with Crippen molar-refractivity contribution >= 4 is 18.4 Å². The van der Waals surface area contributed by atoms with Crippen LogP contribution in [0.2, 0.25) is 13.3 Å². The molecule has 2 rings (SSSR count). The number of aryl methyl sites for hydroxylation is 1. The van der Waals surface area contributed by atoms with E-state index < -0.39 is 18.4 Å². The van der Waals surface area contributed by atoms with Gasteiger partial charge >= 0.3 is 224 Å². The summed E-state index contributed by atoms with van der Waals surface area (Å²) in [4.78, 5) is 0. The van der Waals surface area contributed by atoms with E-state index in [4.69, 9.17) is 9.47 Å². The summed E-state index contributed by atoms with van der Waals surface area (Å²) in [5.41, 5.74) is 1.46. The third-order valence-electron chi connectivity index (χ3n) is 8.82. The van der Waals surface area contributed by atoms with Gasteiger partial charge in [0.05, 0.1) is 0 Å². The molecule has 1 fully saturated rings. The molecule has 2 nitrogen and oxygen atoms in total. The van der Waals surface area contributed by atoms with Crippen LogP contribution in [0.15, 0.2) is 30.3 Å². The van der Waals surface area contributed by atoms with Crippen molar-refractivity contribution in [3.05, 3.63) is 35.9 Å². The van der Waals surface area contributed by atoms with Crippen molar-refractivity contribution in [1.29, 1.82) is 0 Å². The Morgan fingerprint density at radius 3 is 2.03 bits per heavy atom. The average Bonchev–Trinajstić information content (AvgIpc) is 2.86. The van der Waals surface area contributed by atoms with Gasteiger partial charge in [0, 0.05) is 0 Å². The van der Waals surface area contributed by atoms with Crippen LogP contribution in [0, 0.1) is 17.8 Å². The molecule has 1 saturated carbocycles. The van der Waals surface area contributed by atoms with E-state index in [9.17, 15) is 0 Å². The molecule has 1 aliphatic rings. The number of hydrogen-bond donors (Lipinski definition) is 0. The average molecular weight is 594 g/mol. The molecule has 0 amide bonds. The Morgan fingerprint density at radius 2 is 1.49 bits per heavy atom. The Kier molecular flexibility index (Phi) is 15.5. The van der Waals surface area contributed by atoms with E-state index in [1.807, 2.05) is 0 Å². The second-order valence-corrected chi connectivity index (χ2v) is 25.9. The number of ether oxygens (including phenoxy) is 2. The fourth-order valence-electron chi connectivity index (χ4n) is 6.47. The molecule has 0 saturated heterocycles. The molecule has 0 N–H and O–H groups in total. The van der Waals surface area contributed by atoms with Gasteiger partial charge in [-0.15, -0.1) is 0 Å². The predicted octanol–water partition coefficient (Wildman–Crippen LogP) is 9.83. The van der Waals surface area contributed by atoms with Crippen LogP contribution in [0.5, 0.6) is 0 Å². The van der Waals surface area contributed by atoms with Gasteiger partial charge in [-0.3, -0.25) is 0 Å². The van der Waals surface area contributed by atoms with Crippen molar-refractivity contribution in [3.8, 4) is 0 Å². The summed E-state index contributed by atoms with van der Waals surface area (Å²) in [6.45, 7) is 14.8. The maximum atomic E-state index is 6.96. The van der Waals surface area contributed by atoms with Crippen LogP contribution in [0.25, 0.3) is 0 Å². The number of rotatable bonds is 18. The summed E-state index contributed by atoms with van der Waals surface area (Å²) < 4.78 is 18.6. The second kappa shape index (κ2) is 17.4. The van der Waals surface area contributed by atoms with Crippen LogP contribution >= 0.6 is 0 Å². The molecule has 35 heavy (non-hydrogen) atoms. The fraction of sp³-hybridized carbons (Fsp3) is 0.812. The molecule has 202 valence electrons. The normalized spacial score (nSPS) is 22.0. The molecule has 0 spiro atoms. The van der Waals surface area contributed by atoms with Crippen molar-refractivity contribution < 1.29 is 9.47 Å². The Labute approximate surface area is 223 Å². The Hall–Kier alpha value is -0.0613. The summed E-state index contributed by atoms with van der Waals surface area (Å²) in [6, 6.07) is 11.1. The van der Waals surface area contributed by atoms with E-state index in [0.29, 0.717) is 28.9 Å². The summed E-state index contributed by atoms with van der Waals surface area (Å²) in [5.74, 6) is 2.16. The molecule has 0 bridgehead atoms. The van der Waals surface area contributed by atoms with Gasteiger partial charge in [-0.2, -0.15) is 0 Å². The van der Waals surface area contributed by atoms with Gasteiger partial charge in [0.1, 0.15) is 0 Å². The summed E-state index contributed by atoms with van der Waals surface area (Å²) in [5, 5.41) is 0. The topological polar surface area (TPSA) is 18.5 Å². The zero-order chi connectivity index (χ0) is 25.5. The van der Waals surface area contributed by atoms with Crippen LogP contribution in [0.4, 0.5) is 0 Å². The van der Waals surface area contributed by atoms with E-state index in [-0.39, 0.29) is 0 Å². The zero-order valence-electron chi connectivity index (χ0n) is 24.2. The molecule has 1 unspecified atom stereocenters. The predicted molar refractivity (Wildman–Crippen MR) is 156 cm³/mol. The Bertz CT molecular complexity index is 624. The van der Waals surface area contributed by atoms with E-state index in [1.165, 1.54) is 83.1 Å². The summed E-state index contributed by atoms with van der Waals surface area (Å²) >= 11 is -2.53. The Morgan fingerprint density at radius 1 is 0.886 bits per heavy atom. The molecule has 1 aromatic rings. The minimum atomic E-state index is -2.53. The third kappa shape index (κ3) is 10.7. The van der Waals surface area contributed by atoms with Gasteiger partial charge < -0.3 is 0 Å². The van der Waals surface area contributed by atoms with Crippen LogP contribution in [-0.4, -0.2) is 35.4 Å². The van der Waals surface area contributed by atoms with Gasteiger partial charge in [-0.05, 0) is 0 Å². The van der Waals surface area contributed by atoms with Crippen molar-refractivity contribution in [1.82, 2.24) is 0 Å². The fourth-order valence-corrected chi connectivity index (χ4v) is 23.8. The van der Waals surface area contributed by atoms with Crippen LogP contribution in [0.3, 0.4) is 0 Å². The van der Waals surface area contributed by atoms with E-state index in [2.05, 4.69) is 71.9 Å². The second-order valence-electron chi connectivity index (χ2n) is 12.0. The molecule has 0 aromatic heterocycles. The monoisotopic (exact) mass is 594 g/mol. The number of unbranched alkanes of at least 4 members (excludes halogenated alkanes) is 3. The molecule has 1 aliphatic carbocycles. The molecule has 0 aliphatic heterocycles. The SMILES string of the molecule is CCC[CH2][Sn]([CH2]CCC)([CH2]CCC)[CH](CCc1ccccc1)OCO[C@@H]1C[C@H](C)CC[C@H]1C(C)C. The molecular formula is C32H58O2Sn. The zero-order valence-corrected chi connectivity index (χ0v) is 27.1. The standard InChI is InChI=1S/C20H31O2.3C4H9.Sn/c1-16(2)19-12-11-17(3)14-20(19)22-15-21-13-7-10-18-8-5-4-6-9-18;3*1-3-4-2;/h4-6,8-9,13,16-17,19-20H,7,10-12,14-15H2,1-3H3;3*1,3-4H2,2H3;/t17-,19+,20-;;;;/m1..../s1. The quantitative estimate of drug-likeness (QED) is 0.125. The van der Waals surface area contributed by atoms with Crippen molar-refractivity contribution in [2.75, 3.05) is 6.79 Å². The van der Waals surface area contributed by atoms with Crippen molar-refractivity contribution in [3.63, 3.8) is 0 Å². The van der Waals surface area contributed by atoms with Gasteiger partial charge in [0.2, 0.25) is 0 Å². The molecule has 0 radical (unpaired) electrons. The molecular weight excluding hydrogens is 535 g/mol. The van der Waals surface area contributed by atoms with Gasteiger partial charge in [0.25, 0.3) is 0 Å². The minimum absolute atomic E-state index is 0.375. The summed E-state index contributed by atoms with van der Waals surface area (Å²) in [6.07, 6.45) is 14.7. The van der Waals surface area contributed by atoms with Crippen LogP contribution in [-0.2, 0) is 15.9 Å². The van der Waals surface area contributed by atoms with Gasteiger partial charge in [-0.1, -0.05) is 0 Å². The first-order chi connectivity index (χ1) is 17.0.